The van der Waals surface area contributed by atoms with E-state index in [4.69, 9.17) is 32.9 Å². The number of carbonyl (C=O) groups excluding carboxylic acids is 2. The zero-order valence-corrected chi connectivity index (χ0v) is 27.8. The Balaban J connectivity index is 1.17. The third-order valence-electron chi connectivity index (χ3n) is 8.48. The van der Waals surface area contributed by atoms with Crippen molar-refractivity contribution in [2.24, 2.45) is 0 Å². The molecular weight excluding hydrogens is 656 g/mol. The summed E-state index contributed by atoms with van der Waals surface area (Å²) in [7, 11) is 1.57. The summed E-state index contributed by atoms with van der Waals surface area (Å²) >= 11 is 13.9. The minimum atomic E-state index is -0.404. The molecule has 2 fully saturated rings. The van der Waals surface area contributed by atoms with Crippen LogP contribution in [0, 0.1) is 5.82 Å². The van der Waals surface area contributed by atoms with Crippen LogP contribution in [-0.2, 0) is 22.7 Å². The molecule has 6 rings (SSSR count). The Kier molecular flexibility index (Phi) is 10.7. The molecule has 5 N–H and O–H groups in total. The molecule has 2 atom stereocenters. The van der Waals surface area contributed by atoms with Gasteiger partial charge < -0.3 is 31.3 Å². The smallest absolute Gasteiger partial charge is 0.220 e. The summed E-state index contributed by atoms with van der Waals surface area (Å²) in [5.74, 6) is 0.188. The van der Waals surface area contributed by atoms with Gasteiger partial charge in [-0.1, -0.05) is 59.6 Å². The van der Waals surface area contributed by atoms with Crippen LogP contribution < -0.4 is 31.3 Å². The average molecular weight is 693 g/mol. The van der Waals surface area contributed by atoms with Gasteiger partial charge >= 0.3 is 0 Å². The number of aromatic nitrogens is 2. The molecule has 2 saturated heterocycles. The maximum Gasteiger partial charge on any atom is 0.220 e. The van der Waals surface area contributed by atoms with E-state index in [1.165, 1.54) is 0 Å². The predicted molar refractivity (Wildman–Crippen MR) is 185 cm³/mol. The monoisotopic (exact) mass is 691 g/mol. The Morgan fingerprint density at radius 1 is 0.833 bits per heavy atom. The Hall–Kier alpha value is -4.29. The number of carbonyl (C=O) groups is 2. The fourth-order valence-electron chi connectivity index (χ4n) is 5.95. The lowest BCUT2D eigenvalue weighted by atomic mass is 10.0. The van der Waals surface area contributed by atoms with Crippen LogP contribution in [0.3, 0.4) is 0 Å². The molecule has 10 nitrogen and oxygen atoms in total. The van der Waals surface area contributed by atoms with Gasteiger partial charge in [0.15, 0.2) is 5.82 Å². The highest BCUT2D eigenvalue weighted by Gasteiger charge is 2.22. The van der Waals surface area contributed by atoms with Gasteiger partial charge in [0.2, 0.25) is 17.7 Å². The van der Waals surface area contributed by atoms with E-state index in [0.717, 1.165) is 18.4 Å². The Bertz CT molecular complexity index is 1830. The first kappa shape index (κ1) is 33.6. The molecule has 0 spiro atoms. The third kappa shape index (κ3) is 7.71. The van der Waals surface area contributed by atoms with Crippen LogP contribution in [0.25, 0.3) is 22.5 Å². The molecule has 2 aromatic heterocycles. The fourth-order valence-corrected chi connectivity index (χ4v) is 6.53. The van der Waals surface area contributed by atoms with Crippen LogP contribution in [-0.4, -0.2) is 54.1 Å². The van der Waals surface area contributed by atoms with Crippen molar-refractivity contribution in [3.8, 4) is 28.4 Å². The fraction of sp³-hybridized carbons (Fsp3) is 0.314. The van der Waals surface area contributed by atoms with Crippen molar-refractivity contribution < 1.29 is 18.7 Å². The number of benzene rings is 2. The minimum Gasteiger partial charge on any atom is -0.481 e. The van der Waals surface area contributed by atoms with Gasteiger partial charge in [0, 0.05) is 79.6 Å². The number of pyridine rings is 2. The van der Waals surface area contributed by atoms with Crippen molar-refractivity contribution in [2.75, 3.05) is 25.5 Å². The molecule has 4 aromatic rings. The second-order valence-electron chi connectivity index (χ2n) is 11.8. The number of nitrogens with one attached hydrogen (secondary N) is 5. The molecule has 250 valence electrons. The molecule has 0 aliphatic carbocycles. The van der Waals surface area contributed by atoms with E-state index in [1.807, 2.05) is 30.3 Å². The van der Waals surface area contributed by atoms with Gasteiger partial charge in [-0.3, -0.25) is 14.6 Å². The van der Waals surface area contributed by atoms with Crippen molar-refractivity contribution in [2.45, 2.75) is 50.9 Å². The summed E-state index contributed by atoms with van der Waals surface area (Å²) in [5, 5.41) is 16.3. The largest absolute Gasteiger partial charge is 0.481 e. The van der Waals surface area contributed by atoms with Gasteiger partial charge in [0.05, 0.1) is 39.9 Å². The summed E-state index contributed by atoms with van der Waals surface area (Å²) in [5.41, 5.74) is 4.38. The number of hydrogen-bond donors (Lipinski definition) is 5. The molecule has 0 bridgehead atoms. The quantitative estimate of drug-likeness (QED) is 0.120. The lowest BCUT2D eigenvalue weighted by molar-refractivity contribution is -0.120. The molecule has 2 aliphatic heterocycles. The summed E-state index contributed by atoms with van der Waals surface area (Å²) in [6.45, 7) is 2.05. The van der Waals surface area contributed by atoms with E-state index in [2.05, 4.69) is 31.6 Å². The standard InChI is InChI=1S/C35H36Cl2FN7O3/c1-48-35-21(17-40-19-23-10-13-30(47)43-23)8-11-26(45-35)24-5-3-6-25(31(24)36)34-32(37)27(14-15-41-34)44-28-7-2-4-20(33(28)38)16-39-18-22-9-12-29(46)42-22/h2-8,11,14-15,22-23,39-40H,9-10,12-13,16-19H2,1H3,(H,41,44)(H,42,46)(H,43,47)/t22-,23-/m1/s1. The van der Waals surface area contributed by atoms with Crippen molar-refractivity contribution in [1.82, 2.24) is 31.2 Å². The van der Waals surface area contributed by atoms with E-state index in [-0.39, 0.29) is 34.6 Å². The van der Waals surface area contributed by atoms with E-state index < -0.39 is 5.82 Å². The molecule has 2 aliphatic rings. The third-order valence-corrected chi connectivity index (χ3v) is 9.27. The Morgan fingerprint density at radius 3 is 2.17 bits per heavy atom. The molecule has 0 radical (unpaired) electrons. The van der Waals surface area contributed by atoms with Gasteiger partial charge in [0.25, 0.3) is 0 Å². The first-order valence-corrected chi connectivity index (χ1v) is 16.6. The van der Waals surface area contributed by atoms with Crippen LogP contribution >= 0.6 is 23.2 Å². The number of anilines is 2. The second kappa shape index (κ2) is 15.3. The van der Waals surface area contributed by atoms with Crippen molar-refractivity contribution >= 4 is 46.4 Å². The van der Waals surface area contributed by atoms with Crippen molar-refractivity contribution in [3.05, 3.63) is 87.8 Å². The first-order chi connectivity index (χ1) is 23.3. The average Bonchev–Trinajstić information content (AvgIpc) is 3.70. The lowest BCUT2D eigenvalue weighted by Gasteiger charge is -2.16. The van der Waals surface area contributed by atoms with Gasteiger partial charge in [-0.15, -0.1) is 0 Å². The highest BCUT2D eigenvalue weighted by Crippen LogP contribution is 2.41. The van der Waals surface area contributed by atoms with Crippen LogP contribution in [0.4, 0.5) is 15.8 Å². The first-order valence-electron chi connectivity index (χ1n) is 15.8. The Labute approximate surface area is 288 Å². The number of halogens is 3. The van der Waals surface area contributed by atoms with E-state index in [9.17, 15) is 9.59 Å². The molecule has 48 heavy (non-hydrogen) atoms. The highest BCUT2D eigenvalue weighted by molar-refractivity contribution is 6.39. The second-order valence-corrected chi connectivity index (χ2v) is 12.6. The lowest BCUT2D eigenvalue weighted by Crippen LogP contribution is -2.35. The summed E-state index contributed by atoms with van der Waals surface area (Å²) in [4.78, 5) is 32.2. The summed E-state index contributed by atoms with van der Waals surface area (Å²) in [6, 6.07) is 16.3. The van der Waals surface area contributed by atoms with Crippen LogP contribution in [0.1, 0.15) is 36.8 Å². The topological polar surface area (TPSA) is 129 Å². The number of amides is 2. The number of hydrogen-bond acceptors (Lipinski definition) is 8. The minimum absolute atomic E-state index is 0.0457. The number of methoxy groups -OCH3 is 1. The predicted octanol–water partition coefficient (Wildman–Crippen LogP) is 5.75. The molecule has 0 saturated carbocycles. The van der Waals surface area contributed by atoms with Crippen molar-refractivity contribution in [1.29, 1.82) is 0 Å². The number of nitrogens with zero attached hydrogens (tertiary/aromatic N) is 2. The highest BCUT2D eigenvalue weighted by atomic mass is 35.5. The SMILES string of the molecule is COc1nc(-c2cccc(-c3nccc(Nc4cccc(CNC[C@H]5CCC(=O)N5)c4F)c3Cl)c2Cl)ccc1CNC[C@H]1CCC(=O)N1. The maximum atomic E-state index is 15.5. The van der Waals surface area contributed by atoms with Gasteiger partial charge in [-0.25, -0.2) is 9.37 Å². The summed E-state index contributed by atoms with van der Waals surface area (Å²) < 4.78 is 21.1. The van der Waals surface area contributed by atoms with E-state index >= 15 is 4.39 Å². The molecule has 2 aromatic carbocycles. The molecule has 4 heterocycles. The maximum absolute atomic E-state index is 15.5. The number of rotatable bonds is 13. The van der Waals surface area contributed by atoms with Crippen LogP contribution in [0.2, 0.25) is 10.0 Å². The van der Waals surface area contributed by atoms with Crippen molar-refractivity contribution in [3.63, 3.8) is 0 Å². The van der Waals surface area contributed by atoms with E-state index in [0.29, 0.717) is 83.7 Å². The zero-order valence-electron chi connectivity index (χ0n) is 26.3. The molecule has 0 unspecified atom stereocenters. The molecular formula is C35H36Cl2FN7O3. The summed E-state index contributed by atoms with van der Waals surface area (Å²) in [6.07, 6.45) is 4.25. The van der Waals surface area contributed by atoms with E-state index in [1.54, 1.807) is 37.6 Å². The van der Waals surface area contributed by atoms with Crippen LogP contribution in [0.15, 0.2) is 60.8 Å². The van der Waals surface area contributed by atoms with Gasteiger partial charge in [-0.2, -0.15) is 0 Å². The number of ether oxygens (including phenoxy) is 1. The van der Waals surface area contributed by atoms with Crippen LogP contribution in [0.5, 0.6) is 5.88 Å². The van der Waals surface area contributed by atoms with Gasteiger partial charge in [-0.05, 0) is 31.0 Å². The zero-order chi connectivity index (χ0) is 33.6. The molecule has 13 heteroatoms. The normalized spacial score (nSPS) is 17.3. The Morgan fingerprint density at radius 2 is 1.50 bits per heavy atom. The molecule has 2 amide bonds. The van der Waals surface area contributed by atoms with Gasteiger partial charge in [0.1, 0.15) is 0 Å².